The van der Waals surface area contributed by atoms with Crippen LogP contribution >= 0.6 is 0 Å². The lowest BCUT2D eigenvalue weighted by molar-refractivity contribution is -0.0718. The lowest BCUT2D eigenvalue weighted by atomic mass is 9.82. The lowest BCUT2D eigenvalue weighted by Gasteiger charge is -2.38. The Morgan fingerprint density at radius 2 is 1.73 bits per heavy atom. The second-order valence-corrected chi connectivity index (χ2v) is 7.69. The van der Waals surface area contributed by atoms with Gasteiger partial charge >= 0.3 is 0 Å². The zero-order valence-electron chi connectivity index (χ0n) is 17.1. The molecule has 0 saturated carbocycles. The fourth-order valence-corrected chi connectivity index (χ4v) is 4.10. The lowest BCUT2D eigenvalue weighted by Crippen LogP contribution is -2.50. The molecule has 3 aromatic rings. The van der Waals surface area contributed by atoms with E-state index in [0.717, 1.165) is 11.3 Å². The van der Waals surface area contributed by atoms with Gasteiger partial charge in [0, 0.05) is 25.1 Å². The average Bonchev–Trinajstić information content (AvgIpc) is 2.80. The fraction of sp³-hybridized carbons (Fsp3) is 0.320. The van der Waals surface area contributed by atoms with Crippen molar-refractivity contribution in [2.45, 2.75) is 37.1 Å². The molecule has 0 aliphatic carbocycles. The van der Waals surface area contributed by atoms with Gasteiger partial charge in [0.2, 0.25) is 0 Å². The normalized spacial score (nSPS) is 21.5. The van der Waals surface area contributed by atoms with Crippen molar-refractivity contribution in [2.75, 3.05) is 13.7 Å². The molecule has 1 fully saturated rings. The van der Waals surface area contributed by atoms with Crippen LogP contribution in [0, 0.1) is 0 Å². The van der Waals surface area contributed by atoms with Crippen LogP contribution in [0.25, 0.3) is 0 Å². The highest BCUT2D eigenvalue weighted by Crippen LogP contribution is 2.34. The van der Waals surface area contributed by atoms with Crippen LogP contribution in [0.4, 0.5) is 0 Å². The highest BCUT2D eigenvalue weighted by Gasteiger charge is 2.35. The monoisotopic (exact) mass is 404 g/mol. The van der Waals surface area contributed by atoms with Crippen molar-refractivity contribution in [1.82, 2.24) is 10.3 Å². The number of aliphatic hydroxyl groups is 1. The number of hydrogen-bond acceptors (Lipinski definition) is 5. The van der Waals surface area contributed by atoms with E-state index in [0.29, 0.717) is 19.6 Å². The number of pyridine rings is 1. The molecule has 30 heavy (non-hydrogen) atoms. The Bertz CT molecular complexity index is 880. The first kappa shape index (κ1) is 20.5. The number of hydrogen-bond donors (Lipinski definition) is 2. The summed E-state index contributed by atoms with van der Waals surface area (Å²) in [7, 11) is 1.63. The topological polar surface area (TPSA) is 63.6 Å². The van der Waals surface area contributed by atoms with Crippen molar-refractivity contribution in [2.24, 2.45) is 0 Å². The molecule has 5 heteroatoms. The molecule has 1 aliphatic heterocycles. The molecule has 0 radical (unpaired) electrons. The van der Waals surface area contributed by atoms with Gasteiger partial charge in [0.15, 0.2) is 0 Å². The minimum absolute atomic E-state index is 0.0821. The van der Waals surface area contributed by atoms with Gasteiger partial charge in [-0.1, -0.05) is 60.7 Å². The van der Waals surface area contributed by atoms with E-state index in [9.17, 15) is 5.11 Å². The zero-order chi connectivity index (χ0) is 20.8. The largest absolute Gasteiger partial charge is 0.495 e. The number of aromatic nitrogens is 1. The number of methoxy groups -OCH3 is 1. The van der Waals surface area contributed by atoms with E-state index < -0.39 is 6.10 Å². The summed E-state index contributed by atoms with van der Waals surface area (Å²) in [4.78, 5) is 4.18. The molecule has 0 amide bonds. The van der Waals surface area contributed by atoms with Gasteiger partial charge in [-0.15, -0.1) is 0 Å². The summed E-state index contributed by atoms with van der Waals surface area (Å²) in [6.45, 7) is 1.06. The van der Waals surface area contributed by atoms with Gasteiger partial charge < -0.3 is 19.9 Å². The van der Waals surface area contributed by atoms with Crippen LogP contribution < -0.4 is 10.1 Å². The van der Waals surface area contributed by atoms with Crippen LogP contribution in [0.1, 0.15) is 29.0 Å². The Labute approximate surface area is 177 Å². The minimum atomic E-state index is -0.489. The zero-order valence-corrected chi connectivity index (χ0v) is 17.1. The van der Waals surface area contributed by atoms with Crippen molar-refractivity contribution in [3.63, 3.8) is 0 Å². The SMILES string of the molecule is COc1cncc(CNC2COC(C(c3ccccc3)c3ccccc3)CC2O)c1. The Kier molecular flexibility index (Phi) is 6.74. The molecule has 156 valence electrons. The molecule has 1 aromatic heterocycles. The van der Waals surface area contributed by atoms with Crippen LogP contribution in [0.2, 0.25) is 0 Å². The molecular weight excluding hydrogens is 376 g/mol. The van der Waals surface area contributed by atoms with Gasteiger partial charge in [-0.05, 0) is 22.8 Å². The van der Waals surface area contributed by atoms with Gasteiger partial charge in [-0.3, -0.25) is 4.98 Å². The van der Waals surface area contributed by atoms with Crippen molar-refractivity contribution in [3.8, 4) is 5.75 Å². The average molecular weight is 405 g/mol. The van der Waals surface area contributed by atoms with E-state index in [2.05, 4.69) is 58.8 Å². The molecule has 2 aromatic carbocycles. The van der Waals surface area contributed by atoms with Crippen LogP contribution in [-0.2, 0) is 11.3 Å². The van der Waals surface area contributed by atoms with Gasteiger partial charge in [0.1, 0.15) is 5.75 Å². The Balaban J connectivity index is 1.44. The number of nitrogens with one attached hydrogen (secondary N) is 1. The first-order valence-corrected chi connectivity index (χ1v) is 10.4. The van der Waals surface area contributed by atoms with E-state index in [-0.39, 0.29) is 18.1 Å². The van der Waals surface area contributed by atoms with Crippen LogP contribution in [0.15, 0.2) is 79.1 Å². The summed E-state index contributed by atoms with van der Waals surface area (Å²) in [5.74, 6) is 0.814. The predicted molar refractivity (Wildman–Crippen MR) is 117 cm³/mol. The maximum Gasteiger partial charge on any atom is 0.137 e. The summed E-state index contributed by atoms with van der Waals surface area (Å²) in [6, 6.07) is 22.6. The van der Waals surface area contributed by atoms with Gasteiger partial charge in [0.25, 0.3) is 0 Å². The fourth-order valence-electron chi connectivity index (χ4n) is 4.10. The maximum atomic E-state index is 10.9. The van der Waals surface area contributed by atoms with E-state index in [1.807, 2.05) is 18.2 Å². The molecule has 0 bridgehead atoms. The molecule has 2 heterocycles. The first-order chi connectivity index (χ1) is 14.7. The standard InChI is InChI=1S/C25H28N2O3/c1-29-21-12-18(14-26-16-21)15-27-22-17-30-24(13-23(22)28)25(19-8-4-2-5-9-19)20-10-6-3-7-11-20/h2-12,14,16,22-25,27-28H,13,15,17H2,1H3. The molecule has 3 atom stereocenters. The van der Waals surface area contributed by atoms with E-state index >= 15 is 0 Å². The van der Waals surface area contributed by atoms with E-state index in [1.165, 1.54) is 11.1 Å². The van der Waals surface area contributed by atoms with Crippen molar-refractivity contribution in [3.05, 3.63) is 95.8 Å². The third-order valence-electron chi connectivity index (χ3n) is 5.69. The number of benzene rings is 2. The Hall–Kier alpha value is -2.73. The van der Waals surface area contributed by atoms with Crippen molar-refractivity contribution >= 4 is 0 Å². The van der Waals surface area contributed by atoms with Crippen LogP contribution in [0.5, 0.6) is 5.75 Å². The molecule has 0 spiro atoms. The quantitative estimate of drug-likeness (QED) is 0.631. The molecular formula is C25H28N2O3. The van der Waals surface area contributed by atoms with E-state index in [4.69, 9.17) is 9.47 Å². The second kappa shape index (κ2) is 9.85. The van der Waals surface area contributed by atoms with Gasteiger partial charge in [-0.25, -0.2) is 0 Å². The van der Waals surface area contributed by atoms with Gasteiger partial charge in [0.05, 0.1) is 38.2 Å². The first-order valence-electron chi connectivity index (χ1n) is 10.4. The summed E-state index contributed by atoms with van der Waals surface area (Å²) < 4.78 is 11.5. The third-order valence-corrected chi connectivity index (χ3v) is 5.69. The predicted octanol–water partition coefficient (Wildman–Crippen LogP) is 3.53. The van der Waals surface area contributed by atoms with Crippen LogP contribution in [-0.4, -0.2) is 42.1 Å². The number of ether oxygens (including phenoxy) is 2. The summed E-state index contributed by atoms with van der Waals surface area (Å²) in [5, 5.41) is 14.3. The number of rotatable bonds is 7. The third kappa shape index (κ3) is 4.87. The minimum Gasteiger partial charge on any atom is -0.495 e. The molecule has 2 N–H and O–H groups in total. The second-order valence-electron chi connectivity index (χ2n) is 7.69. The molecule has 1 aliphatic rings. The summed E-state index contributed by atoms with van der Waals surface area (Å²) in [6.07, 6.45) is 3.48. The van der Waals surface area contributed by atoms with Crippen LogP contribution in [0.3, 0.4) is 0 Å². The highest BCUT2D eigenvalue weighted by atomic mass is 16.5. The van der Waals surface area contributed by atoms with Crippen molar-refractivity contribution in [1.29, 1.82) is 0 Å². The summed E-state index contributed by atoms with van der Waals surface area (Å²) >= 11 is 0. The van der Waals surface area contributed by atoms with E-state index in [1.54, 1.807) is 19.5 Å². The highest BCUT2D eigenvalue weighted by molar-refractivity contribution is 5.34. The number of aliphatic hydroxyl groups excluding tert-OH is 1. The molecule has 3 unspecified atom stereocenters. The maximum absolute atomic E-state index is 10.9. The molecule has 4 rings (SSSR count). The summed E-state index contributed by atoms with van der Waals surface area (Å²) in [5.41, 5.74) is 3.42. The number of nitrogens with zero attached hydrogens (tertiary/aromatic N) is 1. The molecule has 1 saturated heterocycles. The molecule has 5 nitrogen and oxygen atoms in total. The smallest absolute Gasteiger partial charge is 0.137 e. The Morgan fingerprint density at radius 3 is 2.33 bits per heavy atom. The van der Waals surface area contributed by atoms with Gasteiger partial charge in [-0.2, -0.15) is 0 Å². The Morgan fingerprint density at radius 1 is 1.07 bits per heavy atom. The van der Waals surface area contributed by atoms with Crippen molar-refractivity contribution < 1.29 is 14.6 Å².